The molecule has 0 aliphatic carbocycles. The van der Waals surface area contributed by atoms with Crippen LogP contribution in [0.4, 0.5) is 19.3 Å². The molecule has 6 heteroatoms. The molecule has 1 amide bonds. The number of ketones is 1. The molecule has 1 fully saturated rings. The molecule has 0 unspecified atom stereocenters. The molecule has 1 heterocycles. The van der Waals surface area contributed by atoms with Crippen molar-refractivity contribution in [3.63, 3.8) is 0 Å². The summed E-state index contributed by atoms with van der Waals surface area (Å²) in [5.74, 6) is -1.91. The van der Waals surface area contributed by atoms with E-state index in [1.807, 2.05) is 0 Å². The SMILES string of the molecule is O=C(C=Cc1c(F)cccc1F)c1cccc(N2CCOC2=O)c1. The van der Waals surface area contributed by atoms with E-state index in [0.29, 0.717) is 24.4 Å². The highest BCUT2D eigenvalue weighted by Crippen LogP contribution is 2.21. The molecule has 3 rings (SSSR count). The summed E-state index contributed by atoms with van der Waals surface area (Å²) in [5, 5.41) is 0. The number of hydrogen-bond donors (Lipinski definition) is 0. The summed E-state index contributed by atoms with van der Waals surface area (Å²) in [4.78, 5) is 25.2. The number of amides is 1. The van der Waals surface area contributed by atoms with Crippen LogP contribution in [-0.4, -0.2) is 25.0 Å². The molecule has 2 aromatic carbocycles. The highest BCUT2D eigenvalue weighted by atomic mass is 19.1. The van der Waals surface area contributed by atoms with Gasteiger partial charge in [-0.1, -0.05) is 18.2 Å². The van der Waals surface area contributed by atoms with Gasteiger partial charge in [-0.25, -0.2) is 13.6 Å². The first-order valence-electron chi connectivity index (χ1n) is 7.27. The van der Waals surface area contributed by atoms with E-state index < -0.39 is 23.5 Å². The van der Waals surface area contributed by atoms with Crippen LogP contribution in [-0.2, 0) is 4.74 Å². The molecule has 0 atom stereocenters. The van der Waals surface area contributed by atoms with Crippen LogP contribution in [0.5, 0.6) is 0 Å². The molecule has 0 bridgehead atoms. The van der Waals surface area contributed by atoms with Crippen molar-refractivity contribution in [1.29, 1.82) is 0 Å². The molecule has 2 aromatic rings. The van der Waals surface area contributed by atoms with Crippen molar-refractivity contribution in [1.82, 2.24) is 0 Å². The van der Waals surface area contributed by atoms with E-state index in [9.17, 15) is 18.4 Å². The Hall–Kier alpha value is -3.02. The summed E-state index contributed by atoms with van der Waals surface area (Å²) in [6.45, 7) is 0.705. The monoisotopic (exact) mass is 329 g/mol. The van der Waals surface area contributed by atoms with Crippen LogP contribution in [0, 0.1) is 11.6 Å². The summed E-state index contributed by atoms with van der Waals surface area (Å²) in [5.41, 5.74) is 0.569. The first-order chi connectivity index (χ1) is 11.6. The van der Waals surface area contributed by atoms with E-state index >= 15 is 0 Å². The number of halogens is 2. The van der Waals surface area contributed by atoms with Gasteiger partial charge in [-0.2, -0.15) is 0 Å². The zero-order valence-corrected chi connectivity index (χ0v) is 12.5. The maximum atomic E-state index is 13.6. The fourth-order valence-electron chi connectivity index (χ4n) is 2.38. The van der Waals surface area contributed by atoms with Crippen molar-refractivity contribution >= 4 is 23.6 Å². The van der Waals surface area contributed by atoms with Gasteiger partial charge in [0.15, 0.2) is 5.78 Å². The van der Waals surface area contributed by atoms with Crippen molar-refractivity contribution in [3.05, 3.63) is 71.3 Å². The Morgan fingerprint density at radius 3 is 2.50 bits per heavy atom. The molecule has 24 heavy (non-hydrogen) atoms. The standard InChI is InChI=1S/C18H13F2NO3/c19-15-5-2-6-16(20)14(15)7-8-17(22)12-3-1-4-13(11-12)21-9-10-24-18(21)23/h1-8,11H,9-10H2. The first-order valence-corrected chi connectivity index (χ1v) is 7.27. The van der Waals surface area contributed by atoms with E-state index in [0.717, 1.165) is 24.3 Å². The van der Waals surface area contributed by atoms with E-state index in [1.165, 1.54) is 17.0 Å². The second kappa shape index (κ2) is 6.62. The molecule has 1 aliphatic heterocycles. The first kappa shape index (κ1) is 15.9. The highest BCUT2D eigenvalue weighted by molar-refractivity contribution is 6.07. The molecular weight excluding hydrogens is 316 g/mol. The molecule has 1 aliphatic rings. The van der Waals surface area contributed by atoms with E-state index in [1.54, 1.807) is 18.2 Å². The normalized spacial score (nSPS) is 14.2. The zero-order chi connectivity index (χ0) is 17.1. The van der Waals surface area contributed by atoms with Crippen molar-refractivity contribution < 1.29 is 23.1 Å². The van der Waals surface area contributed by atoms with Gasteiger partial charge < -0.3 is 4.74 Å². The number of benzene rings is 2. The number of anilines is 1. The molecule has 122 valence electrons. The third kappa shape index (κ3) is 3.17. The number of nitrogens with zero attached hydrogens (tertiary/aromatic N) is 1. The minimum atomic E-state index is -0.743. The molecule has 0 aromatic heterocycles. The maximum Gasteiger partial charge on any atom is 0.414 e. The Labute approximate surface area is 137 Å². The lowest BCUT2D eigenvalue weighted by Crippen LogP contribution is -2.23. The van der Waals surface area contributed by atoms with Gasteiger partial charge in [0.2, 0.25) is 0 Å². The third-order valence-corrected chi connectivity index (χ3v) is 3.60. The van der Waals surface area contributed by atoms with E-state index in [2.05, 4.69) is 0 Å². The van der Waals surface area contributed by atoms with E-state index in [4.69, 9.17) is 4.74 Å². The number of carbonyl (C=O) groups excluding carboxylic acids is 2. The van der Waals surface area contributed by atoms with Gasteiger partial charge in [-0.15, -0.1) is 0 Å². The smallest absolute Gasteiger partial charge is 0.414 e. The summed E-state index contributed by atoms with van der Waals surface area (Å²) in [6.07, 6.45) is 1.73. The Balaban J connectivity index is 1.83. The Morgan fingerprint density at radius 2 is 1.83 bits per heavy atom. The Bertz CT molecular complexity index is 813. The second-order valence-corrected chi connectivity index (χ2v) is 5.15. The largest absolute Gasteiger partial charge is 0.447 e. The maximum absolute atomic E-state index is 13.6. The van der Waals surface area contributed by atoms with Crippen LogP contribution in [0.1, 0.15) is 15.9 Å². The van der Waals surface area contributed by atoms with Crippen LogP contribution in [0.25, 0.3) is 6.08 Å². The van der Waals surface area contributed by atoms with Gasteiger partial charge in [0.05, 0.1) is 6.54 Å². The predicted octanol–water partition coefficient (Wildman–Crippen LogP) is 3.82. The van der Waals surface area contributed by atoms with Crippen LogP contribution in [0.15, 0.2) is 48.5 Å². The molecule has 0 spiro atoms. The van der Waals surface area contributed by atoms with Gasteiger partial charge in [0.25, 0.3) is 0 Å². The topological polar surface area (TPSA) is 46.6 Å². The number of carbonyl (C=O) groups is 2. The lowest BCUT2D eigenvalue weighted by molar-refractivity contribution is 0.104. The Morgan fingerprint density at radius 1 is 1.12 bits per heavy atom. The average molecular weight is 329 g/mol. The van der Waals surface area contributed by atoms with Crippen LogP contribution < -0.4 is 4.90 Å². The fourth-order valence-corrected chi connectivity index (χ4v) is 2.38. The fraction of sp³-hybridized carbons (Fsp3) is 0.111. The van der Waals surface area contributed by atoms with E-state index in [-0.39, 0.29) is 5.56 Å². The zero-order valence-electron chi connectivity index (χ0n) is 12.5. The molecule has 0 radical (unpaired) electrons. The number of hydrogen-bond acceptors (Lipinski definition) is 3. The molecule has 4 nitrogen and oxygen atoms in total. The van der Waals surface area contributed by atoms with Crippen molar-refractivity contribution in [2.24, 2.45) is 0 Å². The third-order valence-electron chi connectivity index (χ3n) is 3.60. The summed E-state index contributed by atoms with van der Waals surface area (Å²) >= 11 is 0. The van der Waals surface area contributed by atoms with Gasteiger partial charge in [-0.05, 0) is 36.4 Å². The molecule has 0 N–H and O–H groups in total. The van der Waals surface area contributed by atoms with Crippen LogP contribution in [0.2, 0.25) is 0 Å². The van der Waals surface area contributed by atoms with Gasteiger partial charge in [0, 0.05) is 16.8 Å². The average Bonchev–Trinajstić information content (AvgIpc) is 3.00. The summed E-state index contributed by atoms with van der Waals surface area (Å²) < 4.78 is 32.0. The number of allylic oxidation sites excluding steroid dienone is 1. The van der Waals surface area contributed by atoms with Crippen LogP contribution in [0.3, 0.4) is 0 Å². The van der Waals surface area contributed by atoms with Crippen molar-refractivity contribution in [2.45, 2.75) is 0 Å². The minimum Gasteiger partial charge on any atom is -0.447 e. The molecule has 0 saturated carbocycles. The number of rotatable bonds is 4. The van der Waals surface area contributed by atoms with Crippen molar-refractivity contribution in [3.8, 4) is 0 Å². The minimum absolute atomic E-state index is 0.273. The highest BCUT2D eigenvalue weighted by Gasteiger charge is 2.23. The lowest BCUT2D eigenvalue weighted by atomic mass is 10.1. The lowest BCUT2D eigenvalue weighted by Gasteiger charge is -2.13. The summed E-state index contributed by atoms with van der Waals surface area (Å²) in [7, 11) is 0. The van der Waals surface area contributed by atoms with Gasteiger partial charge in [-0.3, -0.25) is 9.69 Å². The number of ether oxygens (including phenoxy) is 1. The number of cyclic esters (lactones) is 1. The molecule has 1 saturated heterocycles. The van der Waals surface area contributed by atoms with Crippen molar-refractivity contribution in [2.75, 3.05) is 18.1 Å². The van der Waals surface area contributed by atoms with Crippen LogP contribution >= 0.6 is 0 Å². The predicted molar refractivity (Wildman–Crippen MR) is 84.9 cm³/mol. The quantitative estimate of drug-likeness (QED) is 0.633. The Kier molecular flexibility index (Phi) is 4.37. The second-order valence-electron chi connectivity index (χ2n) is 5.15. The van der Waals surface area contributed by atoms with Gasteiger partial charge in [0.1, 0.15) is 18.2 Å². The summed E-state index contributed by atoms with van der Waals surface area (Å²) in [6, 6.07) is 9.91. The molecular formula is C18H13F2NO3. The van der Waals surface area contributed by atoms with Gasteiger partial charge >= 0.3 is 6.09 Å².